The summed E-state index contributed by atoms with van der Waals surface area (Å²) in [5, 5.41) is 4.79. The summed E-state index contributed by atoms with van der Waals surface area (Å²) in [6.07, 6.45) is 1.57. The van der Waals surface area contributed by atoms with Crippen LogP contribution in [0.25, 0.3) is 11.2 Å². The second-order valence-corrected chi connectivity index (χ2v) is 7.00. The summed E-state index contributed by atoms with van der Waals surface area (Å²) in [4.78, 5) is 31.1. The highest BCUT2D eigenvalue weighted by atomic mass is 35.5. The monoisotopic (exact) mass is 426 g/mol. The van der Waals surface area contributed by atoms with Crippen molar-refractivity contribution in [2.75, 3.05) is 5.43 Å². The molecule has 0 aliphatic carbocycles. The van der Waals surface area contributed by atoms with E-state index in [0.29, 0.717) is 5.02 Å². The Morgan fingerprint density at radius 2 is 1.87 bits per heavy atom. The fraction of sp³-hybridized carbons (Fsp3) is 0.100. The number of aromatic nitrogens is 4. The van der Waals surface area contributed by atoms with E-state index in [1.807, 2.05) is 0 Å². The smallest absolute Gasteiger partial charge is 0.298 e. The zero-order chi connectivity index (χ0) is 21.3. The predicted octanol–water partition coefficient (Wildman–Crippen LogP) is 2.71. The Balaban J connectivity index is 1.77. The number of hydrogen-bond acceptors (Lipinski definition) is 5. The van der Waals surface area contributed by atoms with Gasteiger partial charge in [-0.25, -0.2) is 14.6 Å². The number of aryl methyl sites for hydroxylation is 1. The minimum absolute atomic E-state index is 0.200. The molecule has 2 heterocycles. The number of benzene rings is 2. The normalized spacial score (nSPS) is 11.4. The molecular weight excluding hydrogens is 411 g/mol. The van der Waals surface area contributed by atoms with Crippen molar-refractivity contribution in [2.45, 2.75) is 6.54 Å². The van der Waals surface area contributed by atoms with Crippen LogP contribution in [0.1, 0.15) is 11.1 Å². The van der Waals surface area contributed by atoms with Crippen LogP contribution in [-0.4, -0.2) is 25.3 Å². The predicted molar refractivity (Wildman–Crippen MR) is 114 cm³/mol. The van der Waals surface area contributed by atoms with Crippen LogP contribution in [0, 0.1) is 5.82 Å². The standard InChI is InChI=1S/C20H16ClFN6O2/c1-27-17-16(18(29)25-20(27)30)28(11-13-4-8-15(22)9-5-13)19(24-17)26-23-10-12-2-6-14(21)7-3-12/h2-10H,11H2,1H3,(H,24,26)(H,25,29,30). The summed E-state index contributed by atoms with van der Waals surface area (Å²) < 4.78 is 16.1. The van der Waals surface area contributed by atoms with Gasteiger partial charge in [0.2, 0.25) is 5.95 Å². The lowest BCUT2D eigenvalue weighted by atomic mass is 10.2. The summed E-state index contributed by atoms with van der Waals surface area (Å²) in [5.41, 5.74) is 3.62. The quantitative estimate of drug-likeness (QED) is 0.379. The van der Waals surface area contributed by atoms with Gasteiger partial charge in [0.1, 0.15) is 5.82 Å². The fourth-order valence-corrected chi connectivity index (χ4v) is 3.09. The Bertz CT molecular complexity index is 1350. The van der Waals surface area contributed by atoms with Gasteiger partial charge in [0.15, 0.2) is 11.2 Å². The highest BCUT2D eigenvalue weighted by molar-refractivity contribution is 6.30. The molecule has 0 aliphatic rings. The first kappa shape index (κ1) is 19.6. The Kier molecular flexibility index (Phi) is 5.20. The first-order valence-corrected chi connectivity index (χ1v) is 9.29. The molecule has 0 saturated heterocycles. The zero-order valence-corrected chi connectivity index (χ0v) is 16.5. The molecule has 0 aliphatic heterocycles. The molecule has 0 amide bonds. The van der Waals surface area contributed by atoms with Crippen molar-refractivity contribution in [3.8, 4) is 0 Å². The number of fused-ring (bicyclic) bond motifs is 1. The maximum absolute atomic E-state index is 13.3. The van der Waals surface area contributed by atoms with E-state index in [9.17, 15) is 14.0 Å². The van der Waals surface area contributed by atoms with Crippen molar-refractivity contribution >= 4 is 34.9 Å². The van der Waals surface area contributed by atoms with Crippen molar-refractivity contribution in [3.05, 3.63) is 91.3 Å². The molecule has 0 fully saturated rings. The third-order valence-corrected chi connectivity index (χ3v) is 4.76. The van der Waals surface area contributed by atoms with E-state index in [1.165, 1.54) is 23.7 Å². The molecule has 2 aromatic heterocycles. The van der Waals surface area contributed by atoms with E-state index < -0.39 is 11.2 Å². The third-order valence-electron chi connectivity index (χ3n) is 4.51. The van der Waals surface area contributed by atoms with E-state index in [0.717, 1.165) is 11.1 Å². The second-order valence-electron chi connectivity index (χ2n) is 6.56. The third kappa shape index (κ3) is 3.87. The molecule has 0 unspecified atom stereocenters. The van der Waals surface area contributed by atoms with Crippen LogP contribution in [-0.2, 0) is 13.6 Å². The van der Waals surface area contributed by atoms with E-state index in [-0.39, 0.29) is 29.5 Å². The second kappa shape index (κ2) is 7.96. The lowest BCUT2D eigenvalue weighted by Crippen LogP contribution is -2.29. The van der Waals surface area contributed by atoms with E-state index in [2.05, 4.69) is 20.5 Å². The van der Waals surface area contributed by atoms with E-state index >= 15 is 0 Å². The highest BCUT2D eigenvalue weighted by Gasteiger charge is 2.17. The number of nitrogens with one attached hydrogen (secondary N) is 2. The average Bonchev–Trinajstić information content (AvgIpc) is 3.08. The van der Waals surface area contributed by atoms with Gasteiger partial charge >= 0.3 is 5.69 Å². The molecule has 2 aromatic carbocycles. The lowest BCUT2D eigenvalue weighted by Gasteiger charge is -2.08. The van der Waals surface area contributed by atoms with Gasteiger partial charge in [-0.05, 0) is 35.4 Å². The number of hydrazone groups is 1. The Morgan fingerprint density at radius 3 is 2.57 bits per heavy atom. The molecule has 4 aromatic rings. The summed E-state index contributed by atoms with van der Waals surface area (Å²) >= 11 is 5.88. The van der Waals surface area contributed by atoms with Gasteiger partial charge in [-0.15, -0.1) is 0 Å². The summed E-state index contributed by atoms with van der Waals surface area (Å²) in [6.45, 7) is 0.219. The molecule has 0 atom stereocenters. The molecule has 152 valence electrons. The van der Waals surface area contributed by atoms with Crippen molar-refractivity contribution in [1.29, 1.82) is 0 Å². The van der Waals surface area contributed by atoms with Crippen LogP contribution in [0.4, 0.5) is 10.3 Å². The van der Waals surface area contributed by atoms with E-state index in [4.69, 9.17) is 11.6 Å². The Morgan fingerprint density at radius 1 is 1.17 bits per heavy atom. The minimum atomic E-state index is -0.574. The largest absolute Gasteiger partial charge is 0.329 e. The van der Waals surface area contributed by atoms with Gasteiger partial charge in [-0.1, -0.05) is 35.9 Å². The van der Waals surface area contributed by atoms with Crippen molar-refractivity contribution < 1.29 is 4.39 Å². The maximum atomic E-state index is 13.3. The highest BCUT2D eigenvalue weighted by Crippen LogP contribution is 2.18. The molecular formula is C20H16ClFN6O2. The molecule has 30 heavy (non-hydrogen) atoms. The first-order valence-electron chi connectivity index (χ1n) is 8.91. The van der Waals surface area contributed by atoms with Crippen molar-refractivity contribution in [1.82, 2.24) is 19.1 Å². The number of rotatable bonds is 5. The fourth-order valence-electron chi connectivity index (χ4n) is 2.96. The average molecular weight is 427 g/mol. The topological polar surface area (TPSA) is 97.1 Å². The first-order chi connectivity index (χ1) is 14.4. The minimum Gasteiger partial charge on any atom is -0.298 e. The number of H-pyrrole nitrogens is 1. The van der Waals surface area contributed by atoms with Crippen LogP contribution < -0.4 is 16.7 Å². The maximum Gasteiger partial charge on any atom is 0.329 e. The lowest BCUT2D eigenvalue weighted by molar-refractivity contribution is 0.626. The number of anilines is 1. The number of imidazole rings is 1. The molecule has 10 heteroatoms. The van der Waals surface area contributed by atoms with Crippen molar-refractivity contribution in [2.24, 2.45) is 12.1 Å². The summed E-state index contributed by atoms with van der Waals surface area (Å²) in [5.74, 6) is -0.105. The number of nitrogens with zero attached hydrogens (tertiary/aromatic N) is 4. The number of hydrogen-bond donors (Lipinski definition) is 2. The Labute approximate surface area is 174 Å². The van der Waals surface area contributed by atoms with Crippen LogP contribution in [0.3, 0.4) is 0 Å². The van der Waals surface area contributed by atoms with Gasteiger partial charge in [0.05, 0.1) is 12.8 Å². The zero-order valence-electron chi connectivity index (χ0n) is 15.8. The van der Waals surface area contributed by atoms with Gasteiger partial charge in [-0.2, -0.15) is 10.1 Å². The van der Waals surface area contributed by atoms with Gasteiger partial charge in [-0.3, -0.25) is 18.9 Å². The van der Waals surface area contributed by atoms with Crippen LogP contribution in [0.5, 0.6) is 0 Å². The summed E-state index contributed by atoms with van der Waals surface area (Å²) in [7, 11) is 1.51. The molecule has 4 rings (SSSR count). The molecule has 0 spiro atoms. The van der Waals surface area contributed by atoms with Gasteiger partial charge in [0, 0.05) is 12.1 Å². The van der Waals surface area contributed by atoms with Crippen LogP contribution in [0.15, 0.2) is 63.2 Å². The SMILES string of the molecule is Cn1c(=O)[nH]c(=O)c2c1nc(NN=Cc1ccc(Cl)cc1)n2Cc1ccc(F)cc1. The van der Waals surface area contributed by atoms with E-state index in [1.54, 1.807) is 47.2 Å². The van der Waals surface area contributed by atoms with Crippen LogP contribution >= 0.6 is 11.6 Å². The molecule has 0 saturated carbocycles. The van der Waals surface area contributed by atoms with Crippen LogP contribution in [0.2, 0.25) is 5.02 Å². The van der Waals surface area contributed by atoms with Gasteiger partial charge in [0.25, 0.3) is 5.56 Å². The Hall–Kier alpha value is -3.72. The molecule has 0 bridgehead atoms. The molecule has 2 N–H and O–H groups in total. The number of halogens is 2. The van der Waals surface area contributed by atoms with Gasteiger partial charge < -0.3 is 0 Å². The molecule has 0 radical (unpaired) electrons. The van der Waals surface area contributed by atoms with Crippen molar-refractivity contribution in [3.63, 3.8) is 0 Å². The number of aromatic amines is 1. The molecule has 8 nitrogen and oxygen atoms in total. The summed E-state index contributed by atoms with van der Waals surface area (Å²) in [6, 6.07) is 13.0.